The monoisotopic (exact) mass is 251 g/mol. The molecule has 2 atom stereocenters. The topological polar surface area (TPSA) is 36.1 Å². The van der Waals surface area contributed by atoms with Crippen LogP contribution in [0.4, 0.5) is 0 Å². The molecule has 3 N–H and O–H groups in total. The Hall–Kier alpha value is 0.580. The molecule has 0 spiro atoms. The Labute approximate surface area is 105 Å². The fourth-order valence-electron chi connectivity index (χ4n) is 1.20. The summed E-state index contributed by atoms with van der Waals surface area (Å²) in [6.07, 6.45) is 0. The fourth-order valence-corrected chi connectivity index (χ4v) is 1.69. The molecule has 3 nitrogen and oxygen atoms in total. The van der Waals surface area contributed by atoms with E-state index in [1.54, 1.807) is 0 Å². The van der Waals surface area contributed by atoms with E-state index in [0.29, 0.717) is 0 Å². The van der Waals surface area contributed by atoms with Crippen molar-refractivity contribution < 1.29 is 0 Å². The van der Waals surface area contributed by atoms with Crippen molar-refractivity contribution in [1.82, 2.24) is 16.0 Å². The van der Waals surface area contributed by atoms with Crippen LogP contribution in [-0.2, 0) is 0 Å². The van der Waals surface area contributed by atoms with Gasteiger partial charge in [-0.2, -0.15) is 25.3 Å². The Morgan fingerprint density at radius 2 is 1.47 bits per heavy atom. The Kier molecular flexibility index (Phi) is 7.28. The van der Waals surface area contributed by atoms with Gasteiger partial charge in [-0.3, -0.25) is 0 Å². The van der Waals surface area contributed by atoms with Crippen LogP contribution in [0.5, 0.6) is 0 Å². The molecule has 0 aliphatic rings. The maximum atomic E-state index is 4.38. The highest BCUT2D eigenvalue weighted by Crippen LogP contribution is 2.09. The third-order valence-electron chi connectivity index (χ3n) is 2.77. The summed E-state index contributed by atoms with van der Waals surface area (Å²) in [6.45, 7) is 6.12. The van der Waals surface area contributed by atoms with E-state index in [2.05, 4.69) is 55.1 Å². The van der Waals surface area contributed by atoms with E-state index in [-0.39, 0.29) is 11.1 Å². The molecule has 15 heavy (non-hydrogen) atoms. The van der Waals surface area contributed by atoms with Crippen LogP contribution in [0.2, 0.25) is 0 Å². The van der Waals surface area contributed by atoms with Crippen LogP contribution in [-0.4, -0.2) is 49.8 Å². The lowest BCUT2D eigenvalue weighted by molar-refractivity contribution is 0.316. The molecule has 92 valence electrons. The van der Waals surface area contributed by atoms with Gasteiger partial charge in [0.15, 0.2) is 0 Å². The molecule has 0 saturated heterocycles. The van der Waals surface area contributed by atoms with Gasteiger partial charge < -0.3 is 16.0 Å². The van der Waals surface area contributed by atoms with Crippen LogP contribution < -0.4 is 16.0 Å². The lowest BCUT2D eigenvalue weighted by Gasteiger charge is -2.35. The Morgan fingerprint density at radius 3 is 1.80 bits per heavy atom. The van der Waals surface area contributed by atoms with Gasteiger partial charge in [0, 0.05) is 35.7 Å². The number of likely N-dealkylation sites (N-methyl/N-ethyl adjacent to an activating group) is 2. The van der Waals surface area contributed by atoms with Crippen molar-refractivity contribution in [3.8, 4) is 0 Å². The summed E-state index contributed by atoms with van der Waals surface area (Å²) >= 11 is 8.74. The van der Waals surface area contributed by atoms with Gasteiger partial charge in [0.2, 0.25) is 0 Å². The largest absolute Gasteiger partial charge is 0.318 e. The second-order valence-corrected chi connectivity index (χ2v) is 5.20. The first kappa shape index (κ1) is 15.6. The molecule has 0 saturated carbocycles. The summed E-state index contributed by atoms with van der Waals surface area (Å²) in [5, 5.41) is 10.0. The van der Waals surface area contributed by atoms with Crippen molar-refractivity contribution in [2.45, 2.75) is 24.9 Å². The number of rotatable bonds is 8. The first-order valence-corrected chi connectivity index (χ1v) is 6.52. The summed E-state index contributed by atoms with van der Waals surface area (Å²) in [5.74, 6) is 1.61. The van der Waals surface area contributed by atoms with Gasteiger partial charge in [-0.05, 0) is 27.9 Å². The average molecular weight is 251 g/mol. The minimum Gasteiger partial charge on any atom is -0.318 e. The van der Waals surface area contributed by atoms with Gasteiger partial charge in [0.1, 0.15) is 0 Å². The second-order valence-electron chi connectivity index (χ2n) is 4.57. The summed E-state index contributed by atoms with van der Waals surface area (Å²) in [7, 11) is 3.92. The van der Waals surface area contributed by atoms with Gasteiger partial charge in [0.05, 0.1) is 0 Å². The van der Waals surface area contributed by atoms with Crippen molar-refractivity contribution in [3.63, 3.8) is 0 Å². The Balaban J connectivity index is 4.20. The van der Waals surface area contributed by atoms with Gasteiger partial charge in [0.25, 0.3) is 0 Å². The maximum absolute atomic E-state index is 4.38. The summed E-state index contributed by atoms with van der Waals surface area (Å²) < 4.78 is 0. The molecule has 0 aromatic heterocycles. The first-order chi connectivity index (χ1) is 6.95. The van der Waals surface area contributed by atoms with E-state index in [9.17, 15) is 0 Å². The van der Waals surface area contributed by atoms with E-state index in [1.807, 2.05) is 14.1 Å². The predicted molar refractivity (Wildman–Crippen MR) is 75.5 cm³/mol. The smallest absolute Gasteiger partial charge is 0.0366 e. The minimum absolute atomic E-state index is 0.0267. The highest BCUT2D eigenvalue weighted by atomic mass is 32.1. The normalized spacial score (nSPS) is 19.6. The van der Waals surface area contributed by atoms with Crippen LogP contribution in [0.15, 0.2) is 0 Å². The number of thiol groups is 2. The zero-order chi connectivity index (χ0) is 11.9. The van der Waals surface area contributed by atoms with Gasteiger partial charge in [-0.15, -0.1) is 0 Å². The van der Waals surface area contributed by atoms with Crippen LogP contribution in [0.1, 0.15) is 13.8 Å². The molecule has 0 rings (SSSR count). The molecule has 0 unspecified atom stereocenters. The molecular weight excluding hydrogens is 226 g/mol. The summed E-state index contributed by atoms with van der Waals surface area (Å²) in [6, 6.07) is 0. The van der Waals surface area contributed by atoms with Crippen molar-refractivity contribution in [1.29, 1.82) is 0 Å². The molecule has 0 aliphatic heterocycles. The summed E-state index contributed by atoms with van der Waals surface area (Å²) in [5.41, 5.74) is 0.0555. The fraction of sp³-hybridized carbons (Fsp3) is 1.00. The van der Waals surface area contributed by atoms with Crippen LogP contribution >= 0.6 is 25.3 Å². The van der Waals surface area contributed by atoms with Crippen LogP contribution in [0, 0.1) is 0 Å². The number of hydrogen-bond donors (Lipinski definition) is 5. The minimum atomic E-state index is 0.0267. The lowest BCUT2D eigenvalue weighted by atomic mass is 10.0. The summed E-state index contributed by atoms with van der Waals surface area (Å²) in [4.78, 5) is 0. The van der Waals surface area contributed by atoms with Crippen LogP contribution in [0.3, 0.4) is 0 Å². The molecule has 0 fully saturated rings. The van der Waals surface area contributed by atoms with Gasteiger partial charge in [-0.1, -0.05) is 0 Å². The number of nitrogens with one attached hydrogen (secondary N) is 3. The highest BCUT2D eigenvalue weighted by molar-refractivity contribution is 7.80. The predicted octanol–water partition coefficient (Wildman–Crippen LogP) is 0.392. The Morgan fingerprint density at radius 1 is 0.933 bits per heavy atom. The first-order valence-electron chi connectivity index (χ1n) is 5.25. The molecular formula is C10H25N3S2. The molecule has 0 aliphatic carbocycles. The van der Waals surface area contributed by atoms with Crippen molar-refractivity contribution in [3.05, 3.63) is 0 Å². The van der Waals surface area contributed by atoms with E-state index >= 15 is 0 Å². The van der Waals surface area contributed by atoms with Crippen LogP contribution in [0.25, 0.3) is 0 Å². The zero-order valence-electron chi connectivity index (χ0n) is 10.2. The second kappa shape index (κ2) is 7.01. The average Bonchev–Trinajstić information content (AvgIpc) is 2.26. The molecule has 0 amide bonds. The van der Waals surface area contributed by atoms with Crippen molar-refractivity contribution in [2.75, 3.05) is 38.7 Å². The zero-order valence-corrected chi connectivity index (χ0v) is 12.0. The molecule has 0 heterocycles. The van der Waals surface area contributed by atoms with Crippen molar-refractivity contribution in [2.24, 2.45) is 0 Å². The van der Waals surface area contributed by atoms with E-state index in [0.717, 1.165) is 24.6 Å². The maximum Gasteiger partial charge on any atom is 0.0366 e. The van der Waals surface area contributed by atoms with E-state index < -0.39 is 0 Å². The van der Waals surface area contributed by atoms with E-state index in [4.69, 9.17) is 0 Å². The van der Waals surface area contributed by atoms with E-state index in [1.165, 1.54) is 0 Å². The third-order valence-corrected chi connectivity index (χ3v) is 4.17. The molecule has 0 aromatic carbocycles. The van der Waals surface area contributed by atoms with Gasteiger partial charge in [-0.25, -0.2) is 0 Å². The molecule has 0 bridgehead atoms. The van der Waals surface area contributed by atoms with Gasteiger partial charge >= 0.3 is 0 Å². The SMILES string of the molecule is CNC[C@](C)(CS)NC[C@@](C)(CS)NC. The molecule has 5 heteroatoms. The molecule has 0 aromatic rings. The molecule has 0 radical (unpaired) electrons. The standard InChI is InChI=1S/C10H25N3S2/c1-9(7-14,12-4)6-13-10(2,8-15)5-11-3/h11-15H,5-8H2,1-4H3/t9-,10+/m0/s1. The lowest BCUT2D eigenvalue weighted by Crippen LogP contribution is -2.59. The highest BCUT2D eigenvalue weighted by Gasteiger charge is 2.26. The third kappa shape index (κ3) is 5.45. The number of hydrogen-bond acceptors (Lipinski definition) is 5. The quantitative estimate of drug-likeness (QED) is 0.405. The Bertz CT molecular complexity index is 174. The van der Waals surface area contributed by atoms with Crippen molar-refractivity contribution >= 4 is 25.3 Å².